The van der Waals surface area contributed by atoms with Crippen molar-refractivity contribution in [3.63, 3.8) is 0 Å². The molecule has 0 unspecified atom stereocenters. The van der Waals surface area contributed by atoms with Crippen LogP contribution in [0, 0.1) is 0 Å². The maximum atomic E-state index is 9.87. The van der Waals surface area contributed by atoms with E-state index in [0.29, 0.717) is 17.5 Å². The standard InChI is InChI=1S/C15H20N2O3/c1-10(2)14-16-13(17-20-14)9-19-12-7-5-11(6-8-12)15(3,4)18/h5-8,10,18H,9H2,1-4H3. The van der Waals surface area contributed by atoms with E-state index in [1.54, 1.807) is 13.8 Å². The number of aromatic nitrogens is 2. The van der Waals surface area contributed by atoms with Crippen molar-refractivity contribution in [2.24, 2.45) is 0 Å². The van der Waals surface area contributed by atoms with Gasteiger partial charge in [-0.1, -0.05) is 31.1 Å². The molecule has 108 valence electrons. The second-order valence-electron chi connectivity index (χ2n) is 5.58. The van der Waals surface area contributed by atoms with Gasteiger partial charge in [0.15, 0.2) is 6.61 Å². The lowest BCUT2D eigenvalue weighted by Gasteiger charge is -2.17. The molecule has 0 saturated carbocycles. The molecular formula is C15H20N2O3. The molecule has 0 radical (unpaired) electrons. The van der Waals surface area contributed by atoms with E-state index < -0.39 is 5.60 Å². The van der Waals surface area contributed by atoms with Gasteiger partial charge in [0.05, 0.1) is 5.60 Å². The van der Waals surface area contributed by atoms with Gasteiger partial charge in [-0.15, -0.1) is 0 Å². The Morgan fingerprint density at radius 2 is 1.90 bits per heavy atom. The molecule has 0 bridgehead atoms. The van der Waals surface area contributed by atoms with Crippen LogP contribution < -0.4 is 4.74 Å². The molecule has 2 aromatic rings. The highest BCUT2D eigenvalue weighted by Crippen LogP contribution is 2.22. The lowest BCUT2D eigenvalue weighted by atomic mass is 9.99. The van der Waals surface area contributed by atoms with Crippen molar-refractivity contribution in [1.82, 2.24) is 10.1 Å². The Morgan fingerprint density at radius 1 is 1.25 bits per heavy atom. The minimum Gasteiger partial charge on any atom is -0.485 e. The number of rotatable bonds is 5. The maximum absolute atomic E-state index is 9.87. The first kappa shape index (κ1) is 14.5. The van der Waals surface area contributed by atoms with Gasteiger partial charge in [-0.05, 0) is 31.5 Å². The fraction of sp³-hybridized carbons (Fsp3) is 0.467. The Kier molecular flexibility index (Phi) is 4.09. The molecular weight excluding hydrogens is 256 g/mol. The molecule has 0 fully saturated rings. The number of aliphatic hydroxyl groups is 1. The predicted octanol–water partition coefficient (Wildman–Crippen LogP) is 3.00. The zero-order valence-electron chi connectivity index (χ0n) is 12.3. The van der Waals surface area contributed by atoms with Crippen molar-refractivity contribution >= 4 is 0 Å². The van der Waals surface area contributed by atoms with Crippen molar-refractivity contribution in [1.29, 1.82) is 0 Å². The minimum absolute atomic E-state index is 0.210. The van der Waals surface area contributed by atoms with Gasteiger partial charge in [0, 0.05) is 5.92 Å². The number of benzene rings is 1. The Balaban J connectivity index is 1.97. The maximum Gasteiger partial charge on any atom is 0.229 e. The van der Waals surface area contributed by atoms with Crippen LogP contribution in [0.5, 0.6) is 5.75 Å². The van der Waals surface area contributed by atoms with Crippen LogP contribution in [-0.4, -0.2) is 15.2 Å². The van der Waals surface area contributed by atoms with E-state index >= 15 is 0 Å². The Bertz CT molecular complexity index is 553. The summed E-state index contributed by atoms with van der Waals surface area (Å²) < 4.78 is 10.7. The molecule has 0 atom stereocenters. The second kappa shape index (κ2) is 5.63. The molecule has 0 spiro atoms. The molecule has 1 N–H and O–H groups in total. The smallest absolute Gasteiger partial charge is 0.229 e. The van der Waals surface area contributed by atoms with Crippen LogP contribution in [0.4, 0.5) is 0 Å². The fourth-order valence-corrected chi connectivity index (χ4v) is 1.67. The zero-order chi connectivity index (χ0) is 14.8. The van der Waals surface area contributed by atoms with Crippen molar-refractivity contribution in [3.8, 4) is 5.75 Å². The van der Waals surface area contributed by atoms with Gasteiger partial charge in [-0.3, -0.25) is 0 Å². The second-order valence-corrected chi connectivity index (χ2v) is 5.58. The number of hydrogen-bond acceptors (Lipinski definition) is 5. The van der Waals surface area contributed by atoms with Gasteiger partial charge in [0.2, 0.25) is 11.7 Å². The summed E-state index contributed by atoms with van der Waals surface area (Å²) in [5.41, 5.74) is -0.00949. The summed E-state index contributed by atoms with van der Waals surface area (Å²) in [5, 5.41) is 13.7. The summed E-state index contributed by atoms with van der Waals surface area (Å²) in [4.78, 5) is 4.24. The average Bonchev–Trinajstić information content (AvgIpc) is 2.85. The normalized spacial score (nSPS) is 11.9. The van der Waals surface area contributed by atoms with E-state index in [-0.39, 0.29) is 12.5 Å². The van der Waals surface area contributed by atoms with Crippen LogP contribution in [0.15, 0.2) is 28.8 Å². The number of nitrogens with zero attached hydrogens (tertiary/aromatic N) is 2. The van der Waals surface area contributed by atoms with E-state index in [0.717, 1.165) is 5.56 Å². The van der Waals surface area contributed by atoms with E-state index in [2.05, 4.69) is 10.1 Å². The van der Waals surface area contributed by atoms with E-state index in [1.807, 2.05) is 38.1 Å². The quantitative estimate of drug-likeness (QED) is 0.909. The summed E-state index contributed by atoms with van der Waals surface area (Å²) in [6.45, 7) is 7.74. The topological polar surface area (TPSA) is 68.4 Å². The Hall–Kier alpha value is -1.88. The third kappa shape index (κ3) is 3.57. The number of ether oxygens (including phenoxy) is 1. The monoisotopic (exact) mass is 276 g/mol. The van der Waals surface area contributed by atoms with Crippen LogP contribution in [0.1, 0.15) is 50.9 Å². The Morgan fingerprint density at radius 3 is 2.40 bits per heavy atom. The molecule has 5 nitrogen and oxygen atoms in total. The summed E-state index contributed by atoms with van der Waals surface area (Å²) in [5.74, 6) is 2.05. The molecule has 0 saturated heterocycles. The summed E-state index contributed by atoms with van der Waals surface area (Å²) in [7, 11) is 0. The molecule has 0 aliphatic rings. The zero-order valence-corrected chi connectivity index (χ0v) is 12.3. The number of hydrogen-bond donors (Lipinski definition) is 1. The molecule has 1 aromatic heterocycles. The SMILES string of the molecule is CC(C)c1nc(COc2ccc(C(C)(C)O)cc2)no1. The van der Waals surface area contributed by atoms with Crippen LogP contribution in [0.3, 0.4) is 0 Å². The highest BCUT2D eigenvalue weighted by molar-refractivity contribution is 5.30. The molecule has 1 heterocycles. The highest BCUT2D eigenvalue weighted by atomic mass is 16.5. The Labute approximate surface area is 118 Å². The van der Waals surface area contributed by atoms with Crippen LogP contribution in [0.25, 0.3) is 0 Å². The first-order valence-corrected chi connectivity index (χ1v) is 6.64. The molecule has 2 rings (SSSR count). The first-order valence-electron chi connectivity index (χ1n) is 6.64. The van der Waals surface area contributed by atoms with Crippen molar-refractivity contribution in [3.05, 3.63) is 41.5 Å². The summed E-state index contributed by atoms with van der Waals surface area (Å²) in [6.07, 6.45) is 0. The van der Waals surface area contributed by atoms with Gasteiger partial charge in [-0.2, -0.15) is 4.98 Å². The van der Waals surface area contributed by atoms with Crippen molar-refractivity contribution in [2.75, 3.05) is 0 Å². The lowest BCUT2D eigenvalue weighted by molar-refractivity contribution is 0.0785. The molecule has 1 aromatic carbocycles. The minimum atomic E-state index is -0.849. The largest absolute Gasteiger partial charge is 0.485 e. The summed E-state index contributed by atoms with van der Waals surface area (Å²) >= 11 is 0. The van der Waals surface area contributed by atoms with Crippen LogP contribution in [-0.2, 0) is 12.2 Å². The lowest BCUT2D eigenvalue weighted by Crippen LogP contribution is -2.14. The van der Waals surface area contributed by atoms with E-state index in [1.165, 1.54) is 0 Å². The summed E-state index contributed by atoms with van der Waals surface area (Å²) in [6, 6.07) is 7.31. The van der Waals surface area contributed by atoms with E-state index in [4.69, 9.17) is 9.26 Å². The molecule has 0 aliphatic carbocycles. The third-order valence-electron chi connectivity index (χ3n) is 2.91. The third-order valence-corrected chi connectivity index (χ3v) is 2.91. The first-order chi connectivity index (χ1) is 9.36. The molecule has 20 heavy (non-hydrogen) atoms. The fourth-order valence-electron chi connectivity index (χ4n) is 1.67. The van der Waals surface area contributed by atoms with Crippen LogP contribution >= 0.6 is 0 Å². The molecule has 5 heteroatoms. The average molecular weight is 276 g/mol. The van der Waals surface area contributed by atoms with E-state index in [9.17, 15) is 5.11 Å². The van der Waals surface area contributed by atoms with Gasteiger partial charge in [-0.25, -0.2) is 0 Å². The highest BCUT2D eigenvalue weighted by Gasteiger charge is 2.15. The molecule has 0 amide bonds. The van der Waals surface area contributed by atoms with Gasteiger partial charge in [0.25, 0.3) is 0 Å². The van der Waals surface area contributed by atoms with Gasteiger partial charge in [0.1, 0.15) is 5.75 Å². The van der Waals surface area contributed by atoms with Gasteiger partial charge < -0.3 is 14.4 Å². The van der Waals surface area contributed by atoms with Crippen LogP contribution in [0.2, 0.25) is 0 Å². The van der Waals surface area contributed by atoms with Gasteiger partial charge >= 0.3 is 0 Å². The predicted molar refractivity (Wildman–Crippen MR) is 74.4 cm³/mol. The van der Waals surface area contributed by atoms with Crippen molar-refractivity contribution < 1.29 is 14.4 Å². The molecule has 0 aliphatic heterocycles. The van der Waals surface area contributed by atoms with Crippen molar-refractivity contribution in [2.45, 2.75) is 45.8 Å².